The van der Waals surface area contributed by atoms with Crippen molar-refractivity contribution in [3.63, 3.8) is 0 Å². The molecule has 0 aromatic heterocycles. The van der Waals surface area contributed by atoms with E-state index in [-0.39, 0.29) is 24.3 Å². The van der Waals surface area contributed by atoms with Crippen LogP contribution in [0.2, 0.25) is 0 Å². The third kappa shape index (κ3) is 3.78. The Kier molecular flexibility index (Phi) is 4.69. The third-order valence-corrected chi connectivity index (χ3v) is 2.91. The van der Waals surface area contributed by atoms with Gasteiger partial charge >= 0.3 is 0 Å². The molecule has 0 amide bonds. The minimum atomic E-state index is -0.334. The van der Waals surface area contributed by atoms with Gasteiger partial charge in [-0.1, -0.05) is 18.2 Å². The molecule has 0 bridgehead atoms. The van der Waals surface area contributed by atoms with Crippen LogP contribution in [0.25, 0.3) is 0 Å². The zero-order valence-electron chi connectivity index (χ0n) is 11.3. The van der Waals surface area contributed by atoms with Gasteiger partial charge in [0.2, 0.25) is 0 Å². The lowest BCUT2D eigenvalue weighted by molar-refractivity contribution is 0.295. The van der Waals surface area contributed by atoms with E-state index in [0.717, 1.165) is 0 Å². The molecule has 0 saturated heterocycles. The van der Waals surface area contributed by atoms with Crippen molar-refractivity contribution in [2.45, 2.75) is 26.0 Å². The molecule has 0 saturated carbocycles. The number of benzene rings is 2. The smallest absolute Gasteiger partial charge is 0.129 e. The van der Waals surface area contributed by atoms with E-state index < -0.39 is 0 Å². The summed E-state index contributed by atoms with van der Waals surface area (Å²) in [5, 5.41) is 0. The standard InChI is InChI=1S/C16H17F2NO/c1-11(19)8-13-9-14(17)6-7-16(13)20-10-12-4-2-3-5-15(12)18/h2-7,9,11H,8,10,19H2,1H3. The van der Waals surface area contributed by atoms with Gasteiger partial charge in [-0.2, -0.15) is 0 Å². The average Bonchev–Trinajstić information content (AvgIpc) is 2.39. The highest BCUT2D eigenvalue weighted by atomic mass is 19.1. The summed E-state index contributed by atoms with van der Waals surface area (Å²) in [6.45, 7) is 1.94. The highest BCUT2D eigenvalue weighted by Gasteiger charge is 2.09. The quantitative estimate of drug-likeness (QED) is 0.908. The van der Waals surface area contributed by atoms with E-state index in [1.165, 1.54) is 18.2 Å². The van der Waals surface area contributed by atoms with Gasteiger partial charge in [-0.25, -0.2) is 8.78 Å². The Labute approximate surface area is 117 Å². The highest BCUT2D eigenvalue weighted by Crippen LogP contribution is 2.22. The molecule has 0 spiro atoms. The lowest BCUT2D eigenvalue weighted by atomic mass is 10.1. The van der Waals surface area contributed by atoms with Crippen LogP contribution in [-0.2, 0) is 13.0 Å². The van der Waals surface area contributed by atoms with Crippen LogP contribution in [0.4, 0.5) is 8.78 Å². The summed E-state index contributed by atoms with van der Waals surface area (Å²) in [6, 6.07) is 10.6. The predicted octanol–water partition coefficient (Wildman–Crippen LogP) is 3.43. The first-order chi connectivity index (χ1) is 9.56. The molecular weight excluding hydrogens is 260 g/mol. The van der Waals surface area contributed by atoms with Crippen molar-refractivity contribution >= 4 is 0 Å². The maximum Gasteiger partial charge on any atom is 0.129 e. The van der Waals surface area contributed by atoms with E-state index in [1.54, 1.807) is 24.3 Å². The average molecular weight is 277 g/mol. The van der Waals surface area contributed by atoms with E-state index >= 15 is 0 Å². The lowest BCUT2D eigenvalue weighted by Gasteiger charge is -2.13. The Morgan fingerprint density at radius 2 is 1.85 bits per heavy atom. The molecule has 2 aromatic carbocycles. The van der Waals surface area contributed by atoms with Crippen LogP contribution in [0.3, 0.4) is 0 Å². The van der Waals surface area contributed by atoms with E-state index in [4.69, 9.17) is 10.5 Å². The molecule has 1 atom stereocenters. The molecule has 2 rings (SSSR count). The molecule has 0 aliphatic rings. The maximum absolute atomic E-state index is 13.5. The predicted molar refractivity (Wildman–Crippen MR) is 74.5 cm³/mol. The van der Waals surface area contributed by atoms with Crippen LogP contribution in [0.15, 0.2) is 42.5 Å². The first kappa shape index (κ1) is 14.5. The highest BCUT2D eigenvalue weighted by molar-refractivity contribution is 5.35. The second-order valence-corrected chi connectivity index (χ2v) is 4.81. The van der Waals surface area contributed by atoms with Gasteiger partial charge in [0, 0.05) is 11.6 Å². The van der Waals surface area contributed by atoms with Gasteiger partial charge in [0.15, 0.2) is 0 Å². The van der Waals surface area contributed by atoms with E-state index in [2.05, 4.69) is 0 Å². The van der Waals surface area contributed by atoms with Gasteiger partial charge in [-0.05, 0) is 43.2 Å². The first-order valence-corrected chi connectivity index (χ1v) is 6.46. The number of nitrogens with two attached hydrogens (primary N) is 1. The molecule has 0 radical (unpaired) electrons. The second kappa shape index (κ2) is 6.48. The number of ether oxygens (including phenoxy) is 1. The van der Waals surface area contributed by atoms with Crippen molar-refractivity contribution in [3.05, 3.63) is 65.2 Å². The van der Waals surface area contributed by atoms with Crippen LogP contribution in [0.1, 0.15) is 18.1 Å². The molecule has 0 aliphatic heterocycles. The van der Waals surface area contributed by atoms with Crippen LogP contribution in [-0.4, -0.2) is 6.04 Å². The monoisotopic (exact) mass is 277 g/mol. The molecule has 0 aliphatic carbocycles. The molecule has 4 heteroatoms. The molecule has 2 nitrogen and oxygen atoms in total. The molecule has 2 N–H and O–H groups in total. The van der Waals surface area contributed by atoms with Crippen LogP contribution < -0.4 is 10.5 Å². The summed E-state index contributed by atoms with van der Waals surface area (Å²) >= 11 is 0. The topological polar surface area (TPSA) is 35.2 Å². The largest absolute Gasteiger partial charge is 0.489 e. The maximum atomic E-state index is 13.5. The number of hydrogen-bond donors (Lipinski definition) is 1. The van der Waals surface area contributed by atoms with Gasteiger partial charge in [0.05, 0.1) is 0 Å². The number of hydrogen-bond acceptors (Lipinski definition) is 2. The van der Waals surface area contributed by atoms with Crippen LogP contribution in [0, 0.1) is 11.6 Å². The lowest BCUT2D eigenvalue weighted by Crippen LogP contribution is -2.18. The summed E-state index contributed by atoms with van der Waals surface area (Å²) < 4.78 is 32.4. The Balaban J connectivity index is 2.15. The summed E-state index contributed by atoms with van der Waals surface area (Å²) in [6.07, 6.45) is 0.504. The fourth-order valence-electron chi connectivity index (χ4n) is 1.97. The Morgan fingerprint density at radius 3 is 2.55 bits per heavy atom. The minimum absolute atomic E-state index is 0.101. The van der Waals surface area contributed by atoms with Crippen molar-refractivity contribution < 1.29 is 13.5 Å². The molecule has 1 unspecified atom stereocenters. The summed E-state index contributed by atoms with van der Waals surface area (Å²) in [4.78, 5) is 0. The zero-order valence-corrected chi connectivity index (χ0v) is 11.3. The fraction of sp³-hybridized carbons (Fsp3) is 0.250. The second-order valence-electron chi connectivity index (χ2n) is 4.81. The van der Waals surface area contributed by atoms with E-state index in [0.29, 0.717) is 23.3 Å². The summed E-state index contributed by atoms with van der Waals surface area (Å²) in [5.41, 5.74) is 6.89. The molecule has 106 valence electrons. The Bertz CT molecular complexity index is 584. The first-order valence-electron chi connectivity index (χ1n) is 6.46. The Hall–Kier alpha value is -1.94. The van der Waals surface area contributed by atoms with Crippen molar-refractivity contribution in [2.24, 2.45) is 5.73 Å². The minimum Gasteiger partial charge on any atom is -0.489 e. The number of halogens is 2. The van der Waals surface area contributed by atoms with Gasteiger partial charge in [-0.3, -0.25) is 0 Å². The summed E-state index contributed by atoms with van der Waals surface area (Å²) in [5.74, 6) is -0.116. The molecule has 0 heterocycles. The van der Waals surface area contributed by atoms with Gasteiger partial charge in [0.25, 0.3) is 0 Å². The van der Waals surface area contributed by atoms with Crippen molar-refractivity contribution in [2.75, 3.05) is 0 Å². The fourth-order valence-corrected chi connectivity index (χ4v) is 1.97. The van der Waals surface area contributed by atoms with Crippen molar-refractivity contribution in [1.29, 1.82) is 0 Å². The normalized spacial score (nSPS) is 12.2. The van der Waals surface area contributed by atoms with E-state index in [1.807, 2.05) is 6.92 Å². The molecule has 2 aromatic rings. The molecule has 0 fully saturated rings. The van der Waals surface area contributed by atoms with Gasteiger partial charge < -0.3 is 10.5 Å². The number of rotatable bonds is 5. The molecule has 20 heavy (non-hydrogen) atoms. The third-order valence-electron chi connectivity index (χ3n) is 2.91. The Morgan fingerprint density at radius 1 is 1.10 bits per heavy atom. The van der Waals surface area contributed by atoms with Crippen molar-refractivity contribution in [3.8, 4) is 5.75 Å². The van der Waals surface area contributed by atoms with Gasteiger partial charge in [0.1, 0.15) is 24.0 Å². The van der Waals surface area contributed by atoms with Crippen LogP contribution >= 0.6 is 0 Å². The van der Waals surface area contributed by atoms with E-state index in [9.17, 15) is 8.78 Å². The van der Waals surface area contributed by atoms with Crippen LogP contribution in [0.5, 0.6) is 5.75 Å². The van der Waals surface area contributed by atoms with Crippen molar-refractivity contribution in [1.82, 2.24) is 0 Å². The van der Waals surface area contributed by atoms with Gasteiger partial charge in [-0.15, -0.1) is 0 Å². The summed E-state index contributed by atoms with van der Waals surface area (Å²) in [7, 11) is 0. The molecular formula is C16H17F2NO. The zero-order chi connectivity index (χ0) is 14.5. The SMILES string of the molecule is CC(N)Cc1cc(F)ccc1OCc1ccccc1F.